The number of benzene rings is 1. The Hall–Kier alpha value is -2.83. The highest BCUT2D eigenvalue weighted by Gasteiger charge is 2.21. The fourth-order valence-electron chi connectivity index (χ4n) is 2.49. The molecule has 120 valence electrons. The third kappa shape index (κ3) is 3.68. The standard InChI is InChI=1S/C16H19N5O2/c22-15(17-7-1-10-20-11-2-8-19-20)13-3-5-14(6-4-13)21-12-9-18-16(21)23/h2-6,8,11H,1,7,9-10,12H2,(H,17,22)(H,18,23). The van der Waals surface area contributed by atoms with Crippen LogP contribution in [0.3, 0.4) is 0 Å². The summed E-state index contributed by atoms with van der Waals surface area (Å²) in [5.74, 6) is -0.108. The molecule has 2 aromatic rings. The number of aromatic nitrogens is 2. The van der Waals surface area contributed by atoms with E-state index in [4.69, 9.17) is 0 Å². The molecule has 0 saturated carbocycles. The summed E-state index contributed by atoms with van der Waals surface area (Å²) in [7, 11) is 0. The van der Waals surface area contributed by atoms with Gasteiger partial charge in [-0.1, -0.05) is 0 Å². The first-order valence-corrected chi connectivity index (χ1v) is 7.65. The van der Waals surface area contributed by atoms with Gasteiger partial charge in [0.25, 0.3) is 5.91 Å². The van der Waals surface area contributed by atoms with E-state index in [2.05, 4.69) is 15.7 Å². The maximum absolute atomic E-state index is 12.1. The van der Waals surface area contributed by atoms with Crippen molar-refractivity contribution in [3.8, 4) is 0 Å². The molecule has 3 amide bonds. The average Bonchev–Trinajstić information content (AvgIpc) is 3.23. The summed E-state index contributed by atoms with van der Waals surface area (Å²) in [6.45, 7) is 2.67. The molecule has 1 aromatic carbocycles. The highest BCUT2D eigenvalue weighted by molar-refractivity contribution is 5.96. The van der Waals surface area contributed by atoms with Crippen LogP contribution in [-0.4, -0.2) is 41.4 Å². The van der Waals surface area contributed by atoms with Gasteiger partial charge in [0.05, 0.1) is 0 Å². The zero-order valence-electron chi connectivity index (χ0n) is 12.7. The first-order chi connectivity index (χ1) is 11.2. The second-order valence-corrected chi connectivity index (χ2v) is 5.31. The Bertz CT molecular complexity index is 666. The molecule has 7 nitrogen and oxygen atoms in total. The monoisotopic (exact) mass is 313 g/mol. The number of hydrogen-bond acceptors (Lipinski definition) is 3. The van der Waals surface area contributed by atoms with Crippen molar-refractivity contribution in [2.24, 2.45) is 0 Å². The minimum Gasteiger partial charge on any atom is -0.352 e. The first-order valence-electron chi connectivity index (χ1n) is 7.65. The largest absolute Gasteiger partial charge is 0.352 e. The Morgan fingerprint density at radius 3 is 2.78 bits per heavy atom. The van der Waals surface area contributed by atoms with Gasteiger partial charge in [-0.15, -0.1) is 0 Å². The third-order valence-corrected chi connectivity index (χ3v) is 3.71. The van der Waals surface area contributed by atoms with Gasteiger partial charge in [-0.3, -0.25) is 14.4 Å². The third-order valence-electron chi connectivity index (χ3n) is 3.71. The van der Waals surface area contributed by atoms with E-state index in [-0.39, 0.29) is 11.9 Å². The average molecular weight is 313 g/mol. The SMILES string of the molecule is O=C(NCCCn1cccn1)c1ccc(N2CCNC2=O)cc1. The molecule has 0 radical (unpaired) electrons. The first kappa shape index (κ1) is 15.1. The number of nitrogens with zero attached hydrogens (tertiary/aromatic N) is 3. The van der Waals surface area contributed by atoms with Gasteiger partial charge in [-0.05, 0) is 36.8 Å². The minimum absolute atomic E-state index is 0.0965. The van der Waals surface area contributed by atoms with Crippen LogP contribution in [0.25, 0.3) is 0 Å². The topological polar surface area (TPSA) is 79.3 Å². The molecule has 0 unspecified atom stereocenters. The molecule has 1 aromatic heterocycles. The van der Waals surface area contributed by atoms with E-state index in [9.17, 15) is 9.59 Å². The number of nitrogens with one attached hydrogen (secondary N) is 2. The van der Waals surface area contributed by atoms with Crippen LogP contribution in [0.2, 0.25) is 0 Å². The van der Waals surface area contributed by atoms with E-state index in [0.29, 0.717) is 25.2 Å². The van der Waals surface area contributed by atoms with E-state index in [0.717, 1.165) is 18.7 Å². The van der Waals surface area contributed by atoms with Crippen molar-refractivity contribution >= 4 is 17.6 Å². The van der Waals surface area contributed by atoms with Crippen molar-refractivity contribution in [2.75, 3.05) is 24.5 Å². The van der Waals surface area contributed by atoms with Crippen LogP contribution < -0.4 is 15.5 Å². The highest BCUT2D eigenvalue weighted by atomic mass is 16.2. The Morgan fingerprint density at radius 1 is 1.30 bits per heavy atom. The summed E-state index contributed by atoms with van der Waals surface area (Å²) < 4.78 is 1.84. The zero-order valence-corrected chi connectivity index (χ0v) is 12.7. The molecule has 2 heterocycles. The Kier molecular flexibility index (Phi) is 4.56. The van der Waals surface area contributed by atoms with E-state index >= 15 is 0 Å². The van der Waals surface area contributed by atoms with Gasteiger partial charge < -0.3 is 10.6 Å². The van der Waals surface area contributed by atoms with Crippen LogP contribution in [0.5, 0.6) is 0 Å². The predicted molar refractivity (Wildman–Crippen MR) is 86.4 cm³/mol. The summed E-state index contributed by atoms with van der Waals surface area (Å²) in [4.78, 5) is 25.3. The van der Waals surface area contributed by atoms with Gasteiger partial charge in [0.15, 0.2) is 0 Å². The molecule has 1 saturated heterocycles. The van der Waals surface area contributed by atoms with Crippen LogP contribution in [0.1, 0.15) is 16.8 Å². The highest BCUT2D eigenvalue weighted by Crippen LogP contribution is 2.17. The second-order valence-electron chi connectivity index (χ2n) is 5.31. The molecular weight excluding hydrogens is 294 g/mol. The van der Waals surface area contributed by atoms with E-state index in [1.807, 2.05) is 16.9 Å². The fourth-order valence-corrected chi connectivity index (χ4v) is 2.49. The molecule has 1 fully saturated rings. The lowest BCUT2D eigenvalue weighted by Crippen LogP contribution is -2.28. The van der Waals surface area contributed by atoms with E-state index < -0.39 is 0 Å². The van der Waals surface area contributed by atoms with E-state index in [1.54, 1.807) is 35.4 Å². The predicted octanol–water partition coefficient (Wildman–Crippen LogP) is 1.23. The van der Waals surface area contributed by atoms with Crippen molar-refractivity contribution in [3.05, 3.63) is 48.3 Å². The molecule has 0 spiro atoms. The lowest BCUT2D eigenvalue weighted by Gasteiger charge is -2.14. The van der Waals surface area contributed by atoms with Crippen molar-refractivity contribution in [1.82, 2.24) is 20.4 Å². The summed E-state index contributed by atoms with van der Waals surface area (Å²) in [5, 5.41) is 9.75. The number of rotatable bonds is 6. The van der Waals surface area contributed by atoms with Crippen LogP contribution in [-0.2, 0) is 6.54 Å². The second kappa shape index (κ2) is 6.95. The summed E-state index contributed by atoms with van der Waals surface area (Å²) in [5.41, 5.74) is 1.39. The van der Waals surface area contributed by atoms with E-state index in [1.165, 1.54) is 0 Å². The Morgan fingerprint density at radius 2 is 2.13 bits per heavy atom. The molecule has 1 aliphatic heterocycles. The smallest absolute Gasteiger partial charge is 0.321 e. The quantitative estimate of drug-likeness (QED) is 0.787. The molecule has 1 aliphatic rings. The van der Waals surface area contributed by atoms with Crippen molar-refractivity contribution < 1.29 is 9.59 Å². The Balaban J connectivity index is 1.48. The normalized spacial score (nSPS) is 13.9. The van der Waals surface area contributed by atoms with Gasteiger partial charge in [-0.2, -0.15) is 5.10 Å². The zero-order chi connectivity index (χ0) is 16.1. The lowest BCUT2D eigenvalue weighted by molar-refractivity contribution is 0.0952. The van der Waals surface area contributed by atoms with Crippen molar-refractivity contribution in [2.45, 2.75) is 13.0 Å². The molecule has 2 N–H and O–H groups in total. The lowest BCUT2D eigenvalue weighted by atomic mass is 10.2. The van der Waals surface area contributed by atoms with Crippen LogP contribution in [0.4, 0.5) is 10.5 Å². The molecule has 0 atom stereocenters. The molecule has 0 aliphatic carbocycles. The molecule has 23 heavy (non-hydrogen) atoms. The van der Waals surface area contributed by atoms with Crippen molar-refractivity contribution in [3.63, 3.8) is 0 Å². The number of hydrogen-bond donors (Lipinski definition) is 2. The maximum atomic E-state index is 12.1. The number of carbonyl (C=O) groups excluding carboxylic acids is 2. The number of anilines is 1. The van der Waals surface area contributed by atoms with Gasteiger partial charge >= 0.3 is 6.03 Å². The van der Waals surface area contributed by atoms with Crippen LogP contribution >= 0.6 is 0 Å². The summed E-state index contributed by atoms with van der Waals surface area (Å²) >= 11 is 0. The summed E-state index contributed by atoms with van der Waals surface area (Å²) in [6.07, 6.45) is 4.45. The van der Waals surface area contributed by atoms with Gasteiger partial charge in [0.2, 0.25) is 0 Å². The fraction of sp³-hybridized carbons (Fsp3) is 0.312. The summed E-state index contributed by atoms with van der Waals surface area (Å²) in [6, 6.07) is 8.85. The van der Waals surface area contributed by atoms with Crippen molar-refractivity contribution in [1.29, 1.82) is 0 Å². The molecule has 3 rings (SSSR count). The maximum Gasteiger partial charge on any atom is 0.321 e. The number of amides is 3. The van der Waals surface area contributed by atoms with Gasteiger partial charge in [-0.25, -0.2) is 4.79 Å². The number of urea groups is 1. The van der Waals surface area contributed by atoms with Gasteiger partial charge in [0, 0.05) is 49.8 Å². The molecule has 0 bridgehead atoms. The van der Waals surface area contributed by atoms with Crippen LogP contribution in [0.15, 0.2) is 42.7 Å². The molecule has 7 heteroatoms. The minimum atomic E-state index is -0.108. The number of aryl methyl sites for hydroxylation is 1. The number of carbonyl (C=O) groups is 2. The molecular formula is C16H19N5O2. The van der Waals surface area contributed by atoms with Crippen LogP contribution in [0, 0.1) is 0 Å². The van der Waals surface area contributed by atoms with Gasteiger partial charge in [0.1, 0.15) is 0 Å². The Labute approximate surface area is 134 Å².